The van der Waals surface area contributed by atoms with Gasteiger partial charge in [-0.1, -0.05) is 47.4 Å². The summed E-state index contributed by atoms with van der Waals surface area (Å²) in [5.41, 5.74) is 0. The van der Waals surface area contributed by atoms with Crippen LogP contribution >= 0.6 is 23.1 Å². The van der Waals surface area contributed by atoms with Crippen molar-refractivity contribution in [1.82, 2.24) is 10.2 Å². The molecule has 0 unspecified atom stereocenters. The highest BCUT2D eigenvalue weighted by atomic mass is 32.2. The fraction of sp³-hybridized carbons (Fsp3) is 0.167. The average molecular weight is 312 g/mol. The Morgan fingerprint density at radius 3 is 2.63 bits per heavy atom. The van der Waals surface area contributed by atoms with Gasteiger partial charge in [0.05, 0.1) is 4.90 Å². The van der Waals surface area contributed by atoms with E-state index in [0.29, 0.717) is 10.6 Å². The molecule has 19 heavy (non-hydrogen) atoms. The maximum absolute atomic E-state index is 11.9. The lowest BCUT2D eigenvalue weighted by Gasteiger charge is -1.97. The molecule has 0 fully saturated rings. The molecule has 0 radical (unpaired) electrons. The number of sulfone groups is 1. The van der Waals surface area contributed by atoms with Gasteiger partial charge in [-0.05, 0) is 19.1 Å². The van der Waals surface area contributed by atoms with E-state index >= 15 is 0 Å². The summed E-state index contributed by atoms with van der Waals surface area (Å²) in [5.74, 6) is 0.556. The highest BCUT2D eigenvalue weighted by Gasteiger charge is 2.08. The molecule has 0 aliphatic rings. The standard InChI is InChI=1S/C12H12N2O2S3/c1-10-13-14-12(18-10)17-8-5-9-19(15,16)11-6-3-2-4-7-11/h2-7,9H,8H2,1H3. The molecule has 1 heterocycles. The number of hydrogen-bond acceptors (Lipinski definition) is 6. The van der Waals surface area contributed by atoms with Crippen molar-refractivity contribution in [2.45, 2.75) is 16.2 Å². The largest absolute Gasteiger partial charge is 0.219 e. The third-order valence-corrected chi connectivity index (χ3v) is 5.56. The lowest BCUT2D eigenvalue weighted by atomic mass is 10.4. The number of thioether (sulfide) groups is 1. The van der Waals surface area contributed by atoms with E-state index in [0.717, 1.165) is 9.35 Å². The first kappa shape index (κ1) is 14.2. The predicted octanol–water partition coefficient (Wildman–Crippen LogP) is 2.93. The van der Waals surface area contributed by atoms with Crippen molar-refractivity contribution in [1.29, 1.82) is 0 Å². The Labute approximate surface area is 120 Å². The molecule has 0 saturated carbocycles. The average Bonchev–Trinajstić information content (AvgIpc) is 2.82. The second-order valence-electron chi connectivity index (χ2n) is 3.63. The normalized spacial score (nSPS) is 12.1. The van der Waals surface area contributed by atoms with Crippen LogP contribution in [0.15, 0.2) is 51.1 Å². The summed E-state index contributed by atoms with van der Waals surface area (Å²) in [4.78, 5) is 0.308. The van der Waals surface area contributed by atoms with E-state index in [-0.39, 0.29) is 0 Å². The lowest BCUT2D eigenvalue weighted by molar-refractivity contribution is 0.604. The topological polar surface area (TPSA) is 59.9 Å². The van der Waals surface area contributed by atoms with Gasteiger partial charge in [-0.2, -0.15) is 0 Å². The van der Waals surface area contributed by atoms with E-state index in [2.05, 4.69) is 10.2 Å². The fourth-order valence-electron chi connectivity index (χ4n) is 1.31. The highest BCUT2D eigenvalue weighted by Crippen LogP contribution is 2.22. The van der Waals surface area contributed by atoms with Crippen LogP contribution in [0.2, 0.25) is 0 Å². The molecule has 7 heteroatoms. The van der Waals surface area contributed by atoms with Gasteiger partial charge in [0.25, 0.3) is 0 Å². The molecule has 0 atom stereocenters. The van der Waals surface area contributed by atoms with E-state index in [1.807, 2.05) is 6.92 Å². The third kappa shape index (κ3) is 4.15. The number of hydrogen-bond donors (Lipinski definition) is 0. The zero-order chi connectivity index (χ0) is 13.7. The minimum atomic E-state index is -3.34. The van der Waals surface area contributed by atoms with Gasteiger partial charge in [0, 0.05) is 11.2 Å². The molecule has 100 valence electrons. The van der Waals surface area contributed by atoms with E-state index in [1.54, 1.807) is 36.4 Å². The molecule has 0 N–H and O–H groups in total. The van der Waals surface area contributed by atoms with Crippen LogP contribution < -0.4 is 0 Å². The van der Waals surface area contributed by atoms with Crippen molar-refractivity contribution in [3.05, 3.63) is 46.8 Å². The Hall–Kier alpha value is -1.18. The van der Waals surface area contributed by atoms with Crippen molar-refractivity contribution in [2.24, 2.45) is 0 Å². The molecule has 2 aromatic rings. The molecule has 0 aliphatic heterocycles. The first-order valence-corrected chi connectivity index (χ1v) is 8.82. The molecule has 2 rings (SSSR count). The Morgan fingerprint density at radius 1 is 1.26 bits per heavy atom. The van der Waals surface area contributed by atoms with E-state index < -0.39 is 9.84 Å². The molecule has 0 saturated heterocycles. The summed E-state index contributed by atoms with van der Waals surface area (Å²) in [6, 6.07) is 8.37. The second kappa shape index (κ2) is 6.31. The summed E-state index contributed by atoms with van der Waals surface area (Å²) < 4.78 is 24.7. The number of aromatic nitrogens is 2. The van der Waals surface area contributed by atoms with Crippen LogP contribution in [0.5, 0.6) is 0 Å². The molecule has 0 amide bonds. The SMILES string of the molecule is Cc1nnc(SCC=CS(=O)(=O)c2ccccc2)s1. The van der Waals surface area contributed by atoms with Crippen LogP contribution in [0.3, 0.4) is 0 Å². The second-order valence-corrected chi connectivity index (χ2v) is 7.91. The van der Waals surface area contributed by atoms with Crippen molar-refractivity contribution < 1.29 is 8.42 Å². The monoisotopic (exact) mass is 312 g/mol. The van der Waals surface area contributed by atoms with Crippen molar-refractivity contribution in [3.8, 4) is 0 Å². The molecule has 0 aliphatic carbocycles. The lowest BCUT2D eigenvalue weighted by Crippen LogP contribution is -1.95. The zero-order valence-electron chi connectivity index (χ0n) is 10.2. The first-order chi connectivity index (χ1) is 9.08. The maximum atomic E-state index is 11.9. The summed E-state index contributed by atoms with van der Waals surface area (Å²) in [6.45, 7) is 1.89. The van der Waals surface area contributed by atoms with Gasteiger partial charge in [0.1, 0.15) is 5.01 Å². The number of benzene rings is 1. The third-order valence-electron chi connectivity index (χ3n) is 2.16. The summed E-state index contributed by atoms with van der Waals surface area (Å²) in [6.07, 6.45) is 1.63. The van der Waals surface area contributed by atoms with Crippen molar-refractivity contribution in [2.75, 3.05) is 5.75 Å². The Morgan fingerprint density at radius 2 is 2.00 bits per heavy atom. The smallest absolute Gasteiger partial charge is 0.199 e. The van der Waals surface area contributed by atoms with Gasteiger partial charge < -0.3 is 0 Å². The van der Waals surface area contributed by atoms with Crippen molar-refractivity contribution >= 4 is 32.9 Å². The Balaban J connectivity index is 1.95. The van der Waals surface area contributed by atoms with Gasteiger partial charge in [-0.3, -0.25) is 0 Å². The van der Waals surface area contributed by atoms with E-state index in [4.69, 9.17) is 0 Å². The van der Waals surface area contributed by atoms with E-state index in [1.165, 1.54) is 28.5 Å². The number of rotatable bonds is 5. The summed E-state index contributed by atoms with van der Waals surface area (Å²) in [5, 5.41) is 10.00. The van der Waals surface area contributed by atoms with Crippen molar-refractivity contribution in [3.63, 3.8) is 0 Å². The summed E-state index contributed by atoms with van der Waals surface area (Å²) >= 11 is 2.97. The summed E-state index contributed by atoms with van der Waals surface area (Å²) in [7, 11) is -3.34. The van der Waals surface area contributed by atoms with Crippen LogP contribution in [0.1, 0.15) is 5.01 Å². The molecule has 4 nitrogen and oxygen atoms in total. The van der Waals surface area contributed by atoms with Gasteiger partial charge in [-0.15, -0.1) is 10.2 Å². The molecule has 1 aromatic heterocycles. The molecular weight excluding hydrogens is 300 g/mol. The minimum absolute atomic E-state index is 0.308. The Bertz CT molecular complexity index is 663. The van der Waals surface area contributed by atoms with Gasteiger partial charge >= 0.3 is 0 Å². The number of aryl methyl sites for hydroxylation is 1. The molecule has 1 aromatic carbocycles. The molecular formula is C12H12N2O2S3. The highest BCUT2D eigenvalue weighted by molar-refractivity contribution is 8.01. The van der Waals surface area contributed by atoms with Crippen LogP contribution in [0.4, 0.5) is 0 Å². The fourth-order valence-corrected chi connectivity index (χ4v) is 4.13. The van der Waals surface area contributed by atoms with E-state index in [9.17, 15) is 8.42 Å². The molecule has 0 spiro atoms. The first-order valence-electron chi connectivity index (χ1n) is 5.47. The number of nitrogens with zero attached hydrogens (tertiary/aromatic N) is 2. The minimum Gasteiger partial charge on any atom is -0.219 e. The predicted molar refractivity (Wildman–Crippen MR) is 78.1 cm³/mol. The van der Waals surface area contributed by atoms with Crippen LogP contribution in [0, 0.1) is 6.92 Å². The van der Waals surface area contributed by atoms with Crippen LogP contribution in [-0.2, 0) is 9.84 Å². The van der Waals surface area contributed by atoms with Gasteiger partial charge in [0.2, 0.25) is 0 Å². The van der Waals surface area contributed by atoms with Crippen LogP contribution in [-0.4, -0.2) is 24.4 Å². The van der Waals surface area contributed by atoms with Gasteiger partial charge in [0.15, 0.2) is 14.2 Å². The maximum Gasteiger partial charge on any atom is 0.199 e. The van der Waals surface area contributed by atoms with Crippen LogP contribution in [0.25, 0.3) is 0 Å². The Kier molecular flexibility index (Phi) is 4.73. The zero-order valence-corrected chi connectivity index (χ0v) is 12.6. The quantitative estimate of drug-likeness (QED) is 0.794. The van der Waals surface area contributed by atoms with Gasteiger partial charge in [-0.25, -0.2) is 8.42 Å². The molecule has 0 bridgehead atoms.